The molecule has 0 aliphatic rings. The number of benzene rings is 2. The molecule has 0 heterocycles. The van der Waals surface area contributed by atoms with Crippen LogP contribution in [0.1, 0.15) is 18.1 Å². The van der Waals surface area contributed by atoms with Crippen LogP contribution in [0.15, 0.2) is 47.6 Å². The summed E-state index contributed by atoms with van der Waals surface area (Å²) < 4.78 is 5.50. The highest BCUT2D eigenvalue weighted by Crippen LogP contribution is 2.28. The number of hydrogen-bond acceptors (Lipinski definition) is 3. The van der Waals surface area contributed by atoms with E-state index in [0.29, 0.717) is 15.8 Å². The first-order valence-electron chi connectivity index (χ1n) is 6.97. The average Bonchev–Trinajstić information content (AvgIpc) is 2.51. The highest BCUT2D eigenvalue weighted by Gasteiger charge is 2.15. The summed E-state index contributed by atoms with van der Waals surface area (Å²) in [5, 5.41) is 4.76. The molecule has 6 heteroatoms. The summed E-state index contributed by atoms with van der Waals surface area (Å²) >= 11 is 11.8. The van der Waals surface area contributed by atoms with Crippen LogP contribution >= 0.6 is 23.2 Å². The van der Waals surface area contributed by atoms with E-state index in [1.165, 1.54) is 0 Å². The quantitative estimate of drug-likeness (QED) is 0.648. The number of amides is 1. The third kappa shape index (κ3) is 5.27. The molecule has 4 nitrogen and oxygen atoms in total. The molecule has 0 fully saturated rings. The van der Waals surface area contributed by atoms with Crippen LogP contribution in [0.2, 0.25) is 10.0 Å². The summed E-state index contributed by atoms with van der Waals surface area (Å²) in [6, 6.07) is 12.6. The topological polar surface area (TPSA) is 50.7 Å². The Balaban J connectivity index is 1.90. The van der Waals surface area contributed by atoms with Gasteiger partial charge in [-0.3, -0.25) is 4.79 Å². The van der Waals surface area contributed by atoms with Gasteiger partial charge >= 0.3 is 0 Å². The highest BCUT2D eigenvalue weighted by atomic mass is 35.5. The van der Waals surface area contributed by atoms with Crippen LogP contribution in [0.25, 0.3) is 0 Å². The number of hydrogen-bond donors (Lipinski definition) is 1. The zero-order valence-corrected chi connectivity index (χ0v) is 14.2. The molecule has 1 N–H and O–H groups in total. The van der Waals surface area contributed by atoms with Crippen LogP contribution in [0.5, 0.6) is 5.75 Å². The summed E-state index contributed by atoms with van der Waals surface area (Å²) in [5.41, 5.74) is 4.49. The number of carbonyl (C=O) groups is 1. The van der Waals surface area contributed by atoms with Crippen molar-refractivity contribution in [2.75, 3.05) is 0 Å². The van der Waals surface area contributed by atoms with Crippen LogP contribution in [0.4, 0.5) is 0 Å². The van der Waals surface area contributed by atoms with E-state index in [0.717, 1.165) is 11.1 Å². The number of hydrazone groups is 1. The highest BCUT2D eigenvalue weighted by molar-refractivity contribution is 6.35. The van der Waals surface area contributed by atoms with Crippen molar-refractivity contribution in [1.29, 1.82) is 0 Å². The number of ether oxygens (including phenoxy) is 1. The summed E-state index contributed by atoms with van der Waals surface area (Å²) in [5.74, 6) is 0.0145. The number of halogens is 2. The molecule has 1 unspecified atom stereocenters. The van der Waals surface area contributed by atoms with Crippen molar-refractivity contribution in [1.82, 2.24) is 5.43 Å². The van der Waals surface area contributed by atoms with E-state index >= 15 is 0 Å². The smallest absolute Gasteiger partial charge is 0.280 e. The second kappa shape index (κ2) is 7.99. The van der Waals surface area contributed by atoms with Crippen molar-refractivity contribution in [3.63, 3.8) is 0 Å². The number of aryl methyl sites for hydroxylation is 1. The third-order valence-electron chi connectivity index (χ3n) is 3.03. The summed E-state index contributed by atoms with van der Waals surface area (Å²) in [4.78, 5) is 12.0. The maximum Gasteiger partial charge on any atom is 0.280 e. The van der Waals surface area contributed by atoms with E-state index < -0.39 is 6.10 Å². The van der Waals surface area contributed by atoms with Crippen molar-refractivity contribution in [3.8, 4) is 5.75 Å². The maximum atomic E-state index is 12.0. The van der Waals surface area contributed by atoms with Gasteiger partial charge in [-0.05, 0) is 37.6 Å². The van der Waals surface area contributed by atoms with E-state index in [2.05, 4.69) is 10.5 Å². The Morgan fingerprint density at radius 3 is 2.57 bits per heavy atom. The minimum absolute atomic E-state index is 0.348. The van der Waals surface area contributed by atoms with Crippen molar-refractivity contribution >= 4 is 35.3 Å². The molecule has 2 rings (SSSR count). The van der Waals surface area contributed by atoms with Crippen molar-refractivity contribution in [2.45, 2.75) is 20.0 Å². The molecular formula is C17H16Cl2N2O2. The lowest BCUT2D eigenvalue weighted by Gasteiger charge is -2.14. The number of carbonyl (C=O) groups excluding carboxylic acids is 1. The largest absolute Gasteiger partial charge is 0.479 e. The lowest BCUT2D eigenvalue weighted by atomic mass is 10.2. The molecule has 1 amide bonds. The van der Waals surface area contributed by atoms with Crippen LogP contribution in [-0.4, -0.2) is 18.2 Å². The molecule has 0 spiro atoms. The molecule has 0 aromatic heterocycles. The molecule has 1 atom stereocenters. The first kappa shape index (κ1) is 17.3. The minimum atomic E-state index is -0.746. The predicted octanol–water partition coefficient (Wildman–Crippen LogP) is 4.22. The summed E-state index contributed by atoms with van der Waals surface area (Å²) in [6.07, 6.45) is 0.822. The van der Waals surface area contributed by atoms with Gasteiger partial charge in [0.1, 0.15) is 5.75 Å². The van der Waals surface area contributed by atoms with Crippen LogP contribution < -0.4 is 10.2 Å². The first-order valence-corrected chi connectivity index (χ1v) is 7.72. The Bertz CT molecular complexity index is 715. The van der Waals surface area contributed by atoms with Gasteiger partial charge < -0.3 is 4.74 Å². The second-order valence-corrected chi connectivity index (χ2v) is 5.82. The van der Waals surface area contributed by atoms with Gasteiger partial charge in [0.15, 0.2) is 6.10 Å². The lowest BCUT2D eigenvalue weighted by Crippen LogP contribution is -2.33. The van der Waals surface area contributed by atoms with Gasteiger partial charge in [-0.2, -0.15) is 5.10 Å². The molecule has 0 saturated carbocycles. The molecule has 2 aromatic rings. The van der Waals surface area contributed by atoms with Gasteiger partial charge in [0, 0.05) is 5.02 Å². The SMILES string of the molecule is Cc1ccc(C=NNC(=O)C(C)Oc2ccc(Cl)cc2Cl)cc1. The zero-order chi connectivity index (χ0) is 16.8. The Morgan fingerprint density at radius 1 is 1.22 bits per heavy atom. The fourth-order valence-electron chi connectivity index (χ4n) is 1.73. The van der Waals surface area contributed by atoms with E-state index in [9.17, 15) is 4.79 Å². The molecule has 120 valence electrons. The average molecular weight is 351 g/mol. The van der Waals surface area contributed by atoms with Gasteiger partial charge in [-0.25, -0.2) is 5.43 Å². The third-order valence-corrected chi connectivity index (χ3v) is 3.56. The molecule has 0 saturated heterocycles. The normalized spacial score (nSPS) is 12.2. The van der Waals surface area contributed by atoms with Crippen LogP contribution in [0, 0.1) is 6.92 Å². The Morgan fingerprint density at radius 2 is 1.91 bits per heavy atom. The molecule has 0 bridgehead atoms. The van der Waals surface area contributed by atoms with E-state index in [1.54, 1.807) is 31.3 Å². The minimum Gasteiger partial charge on any atom is -0.479 e. The summed E-state index contributed by atoms with van der Waals surface area (Å²) in [6.45, 7) is 3.62. The standard InChI is InChI=1S/C17H16Cl2N2O2/c1-11-3-5-13(6-4-11)10-20-21-17(22)12(2)23-16-8-7-14(18)9-15(16)19/h3-10,12H,1-2H3,(H,21,22). The first-order chi connectivity index (χ1) is 11.0. The fourth-order valence-corrected chi connectivity index (χ4v) is 2.18. The van der Waals surface area contributed by atoms with Crippen LogP contribution in [-0.2, 0) is 4.79 Å². The van der Waals surface area contributed by atoms with Gasteiger partial charge in [0.2, 0.25) is 0 Å². The molecule has 0 radical (unpaired) electrons. The Hall–Kier alpha value is -2.04. The molecule has 0 aliphatic heterocycles. The Labute approximate surface area is 145 Å². The predicted molar refractivity (Wildman–Crippen MR) is 93.5 cm³/mol. The van der Waals surface area contributed by atoms with E-state index in [4.69, 9.17) is 27.9 Å². The van der Waals surface area contributed by atoms with E-state index in [1.807, 2.05) is 31.2 Å². The van der Waals surface area contributed by atoms with Crippen LogP contribution in [0.3, 0.4) is 0 Å². The van der Waals surface area contributed by atoms with Gasteiger partial charge in [-0.15, -0.1) is 0 Å². The number of nitrogens with one attached hydrogen (secondary N) is 1. The maximum absolute atomic E-state index is 12.0. The van der Waals surface area contributed by atoms with Crippen molar-refractivity contribution in [3.05, 3.63) is 63.6 Å². The van der Waals surface area contributed by atoms with Gasteiger partial charge in [-0.1, -0.05) is 53.0 Å². The summed E-state index contributed by atoms with van der Waals surface area (Å²) in [7, 11) is 0. The molecular weight excluding hydrogens is 335 g/mol. The molecule has 23 heavy (non-hydrogen) atoms. The van der Waals surface area contributed by atoms with Crippen molar-refractivity contribution < 1.29 is 9.53 Å². The monoisotopic (exact) mass is 350 g/mol. The molecule has 0 aliphatic carbocycles. The number of nitrogens with zero attached hydrogens (tertiary/aromatic N) is 1. The van der Waals surface area contributed by atoms with Gasteiger partial charge in [0.05, 0.1) is 11.2 Å². The second-order valence-electron chi connectivity index (χ2n) is 4.98. The van der Waals surface area contributed by atoms with E-state index in [-0.39, 0.29) is 5.91 Å². The van der Waals surface area contributed by atoms with Gasteiger partial charge in [0.25, 0.3) is 5.91 Å². The Kier molecular flexibility index (Phi) is 6.02. The number of rotatable bonds is 5. The fraction of sp³-hybridized carbons (Fsp3) is 0.176. The zero-order valence-electron chi connectivity index (χ0n) is 12.7. The van der Waals surface area contributed by atoms with Crippen molar-refractivity contribution in [2.24, 2.45) is 5.10 Å². The molecule has 2 aromatic carbocycles. The lowest BCUT2D eigenvalue weighted by molar-refractivity contribution is -0.127.